The van der Waals surface area contributed by atoms with E-state index in [-0.39, 0.29) is 22.5 Å². The summed E-state index contributed by atoms with van der Waals surface area (Å²) in [5, 5.41) is 2.72. The van der Waals surface area contributed by atoms with Gasteiger partial charge in [0.25, 0.3) is 15.9 Å². The number of carbonyl (C=O) groups excluding carboxylic acids is 1. The highest BCUT2D eigenvalue weighted by Crippen LogP contribution is 2.19. The first-order chi connectivity index (χ1) is 15.4. The average molecular weight is 458 g/mol. The Hall–Kier alpha value is -3.70. The largest absolute Gasteiger partial charge is 0.491 e. The number of nitrogens with one attached hydrogen (secondary N) is 2. The highest BCUT2D eigenvalue weighted by molar-refractivity contribution is 7.92. The van der Waals surface area contributed by atoms with Crippen molar-refractivity contribution in [2.75, 3.05) is 37.5 Å². The predicted octanol–water partition coefficient (Wildman–Crippen LogP) is 2.56. The summed E-state index contributed by atoms with van der Waals surface area (Å²) in [6.45, 7) is 0.883. The molecule has 1 aromatic heterocycles. The highest BCUT2D eigenvalue weighted by Gasteiger charge is 2.16. The molecule has 2 aromatic carbocycles. The van der Waals surface area contributed by atoms with Crippen LogP contribution in [-0.2, 0) is 14.8 Å². The number of benzene rings is 2. The lowest BCUT2D eigenvalue weighted by Crippen LogP contribution is -2.15. The van der Waals surface area contributed by atoms with Crippen LogP contribution in [0.2, 0.25) is 0 Å². The quantitative estimate of drug-likeness (QED) is 0.444. The van der Waals surface area contributed by atoms with Crippen LogP contribution in [0, 0.1) is 0 Å². The van der Waals surface area contributed by atoms with Gasteiger partial charge in [-0.3, -0.25) is 9.52 Å². The van der Waals surface area contributed by atoms with Crippen LogP contribution < -0.4 is 19.5 Å². The second kappa shape index (κ2) is 10.6. The molecule has 0 radical (unpaired) electrons. The first-order valence-corrected chi connectivity index (χ1v) is 10.9. The van der Waals surface area contributed by atoms with Gasteiger partial charge in [-0.15, -0.1) is 0 Å². The van der Waals surface area contributed by atoms with Crippen molar-refractivity contribution in [3.8, 4) is 11.6 Å². The Kier molecular flexibility index (Phi) is 7.58. The van der Waals surface area contributed by atoms with Gasteiger partial charge in [0.2, 0.25) is 5.88 Å². The molecule has 0 saturated heterocycles. The van der Waals surface area contributed by atoms with Crippen LogP contribution >= 0.6 is 0 Å². The van der Waals surface area contributed by atoms with Crippen molar-refractivity contribution in [2.45, 2.75) is 4.90 Å². The molecular weight excluding hydrogens is 436 g/mol. The van der Waals surface area contributed by atoms with Crippen LogP contribution in [0.4, 0.5) is 11.5 Å². The minimum atomic E-state index is -3.88. The Bertz CT molecular complexity index is 1150. The first kappa shape index (κ1) is 23.0. The molecule has 3 aromatic rings. The number of rotatable bonds is 10. The van der Waals surface area contributed by atoms with E-state index in [2.05, 4.69) is 20.0 Å². The van der Waals surface area contributed by atoms with Gasteiger partial charge in [-0.05, 0) is 48.5 Å². The summed E-state index contributed by atoms with van der Waals surface area (Å²) in [5.74, 6) is 0.589. The molecule has 168 valence electrons. The number of carbonyl (C=O) groups is 1. The Morgan fingerprint density at radius 3 is 2.34 bits per heavy atom. The van der Waals surface area contributed by atoms with E-state index in [1.165, 1.54) is 43.8 Å². The predicted molar refractivity (Wildman–Crippen MR) is 118 cm³/mol. The van der Waals surface area contributed by atoms with Gasteiger partial charge in [-0.1, -0.05) is 0 Å². The fourth-order valence-corrected chi connectivity index (χ4v) is 3.57. The van der Waals surface area contributed by atoms with Gasteiger partial charge in [0.1, 0.15) is 24.5 Å². The summed E-state index contributed by atoms with van der Waals surface area (Å²) in [6.07, 6.45) is 1.19. The van der Waals surface area contributed by atoms with E-state index in [4.69, 9.17) is 14.2 Å². The summed E-state index contributed by atoms with van der Waals surface area (Å²) in [4.78, 5) is 20.1. The van der Waals surface area contributed by atoms with Crippen molar-refractivity contribution in [3.05, 3.63) is 66.5 Å². The van der Waals surface area contributed by atoms with Gasteiger partial charge in [0.15, 0.2) is 0 Å². The smallest absolute Gasteiger partial charge is 0.263 e. The molecule has 1 amide bonds. The number of anilines is 2. The van der Waals surface area contributed by atoms with E-state index in [9.17, 15) is 13.2 Å². The van der Waals surface area contributed by atoms with Crippen LogP contribution in [-0.4, -0.2) is 51.7 Å². The van der Waals surface area contributed by atoms with Crippen molar-refractivity contribution in [3.63, 3.8) is 0 Å². The maximum absolute atomic E-state index is 12.6. The lowest BCUT2D eigenvalue weighted by molar-refractivity contribution is 0.102. The fraction of sp³-hybridized carbons (Fsp3) is 0.190. The second-order valence-corrected chi connectivity index (χ2v) is 8.08. The molecule has 0 saturated carbocycles. The summed E-state index contributed by atoms with van der Waals surface area (Å²) in [6, 6.07) is 13.8. The number of ether oxygens (including phenoxy) is 3. The van der Waals surface area contributed by atoms with Gasteiger partial charge in [0, 0.05) is 24.4 Å². The van der Waals surface area contributed by atoms with E-state index >= 15 is 0 Å². The van der Waals surface area contributed by atoms with Crippen molar-refractivity contribution in [1.29, 1.82) is 0 Å². The summed E-state index contributed by atoms with van der Waals surface area (Å²) in [7, 11) is -0.878. The normalized spacial score (nSPS) is 10.9. The summed E-state index contributed by atoms with van der Waals surface area (Å²) in [5.41, 5.74) is 0.873. The molecular formula is C21H22N4O6S. The maximum Gasteiger partial charge on any atom is 0.263 e. The van der Waals surface area contributed by atoms with Crippen LogP contribution in [0.25, 0.3) is 0 Å². The van der Waals surface area contributed by atoms with Gasteiger partial charge in [-0.2, -0.15) is 0 Å². The van der Waals surface area contributed by atoms with Crippen LogP contribution in [0.5, 0.6) is 11.6 Å². The summed E-state index contributed by atoms with van der Waals surface area (Å²) < 4.78 is 42.8. The molecule has 0 aliphatic carbocycles. The van der Waals surface area contributed by atoms with Crippen LogP contribution in [0.3, 0.4) is 0 Å². The van der Waals surface area contributed by atoms with Crippen LogP contribution in [0.15, 0.2) is 65.8 Å². The molecule has 0 aliphatic heterocycles. The van der Waals surface area contributed by atoms with Crippen LogP contribution in [0.1, 0.15) is 10.4 Å². The molecule has 3 rings (SSSR count). The molecule has 0 atom stereocenters. The Morgan fingerprint density at radius 2 is 1.69 bits per heavy atom. The number of hydrogen-bond acceptors (Lipinski definition) is 8. The topological polar surface area (TPSA) is 129 Å². The number of sulfonamides is 1. The Balaban J connectivity index is 1.62. The zero-order valence-electron chi connectivity index (χ0n) is 17.4. The molecule has 10 nitrogen and oxygen atoms in total. The number of amides is 1. The summed E-state index contributed by atoms with van der Waals surface area (Å²) >= 11 is 0. The lowest BCUT2D eigenvalue weighted by Gasteiger charge is -2.10. The van der Waals surface area contributed by atoms with Gasteiger partial charge in [0.05, 0.1) is 18.6 Å². The Labute approximate surface area is 185 Å². The van der Waals surface area contributed by atoms with E-state index in [1.807, 2.05) is 0 Å². The van der Waals surface area contributed by atoms with E-state index in [1.54, 1.807) is 31.4 Å². The highest BCUT2D eigenvalue weighted by atomic mass is 32.2. The monoisotopic (exact) mass is 458 g/mol. The van der Waals surface area contributed by atoms with E-state index in [0.29, 0.717) is 30.2 Å². The van der Waals surface area contributed by atoms with Crippen molar-refractivity contribution in [2.24, 2.45) is 0 Å². The molecule has 0 fully saturated rings. The van der Waals surface area contributed by atoms with Crippen molar-refractivity contribution < 1.29 is 27.4 Å². The minimum Gasteiger partial charge on any atom is -0.491 e. The number of methoxy groups -OCH3 is 2. The SMILES string of the molecule is COCCOc1ccc(C(=O)Nc2ccc(S(=O)(=O)Nc3cc(OC)ncn3)cc2)cc1. The maximum atomic E-state index is 12.6. The van der Waals surface area contributed by atoms with E-state index in [0.717, 1.165) is 0 Å². The second-order valence-electron chi connectivity index (χ2n) is 6.40. The van der Waals surface area contributed by atoms with Gasteiger partial charge in [-0.25, -0.2) is 18.4 Å². The zero-order valence-corrected chi connectivity index (χ0v) is 18.3. The van der Waals surface area contributed by atoms with Gasteiger partial charge >= 0.3 is 0 Å². The molecule has 32 heavy (non-hydrogen) atoms. The van der Waals surface area contributed by atoms with Gasteiger partial charge < -0.3 is 19.5 Å². The first-order valence-electron chi connectivity index (χ1n) is 9.43. The minimum absolute atomic E-state index is 0.00522. The van der Waals surface area contributed by atoms with Crippen molar-refractivity contribution >= 4 is 27.4 Å². The average Bonchev–Trinajstić information content (AvgIpc) is 2.80. The lowest BCUT2D eigenvalue weighted by atomic mass is 10.2. The molecule has 0 aliphatic rings. The number of nitrogens with zero attached hydrogens (tertiary/aromatic N) is 2. The van der Waals surface area contributed by atoms with Crippen molar-refractivity contribution in [1.82, 2.24) is 9.97 Å². The molecule has 1 heterocycles. The number of hydrogen-bond donors (Lipinski definition) is 2. The number of aromatic nitrogens is 2. The third kappa shape index (κ3) is 6.15. The van der Waals surface area contributed by atoms with E-state index < -0.39 is 10.0 Å². The molecule has 0 bridgehead atoms. The molecule has 0 spiro atoms. The molecule has 0 unspecified atom stereocenters. The molecule has 2 N–H and O–H groups in total. The zero-order chi connectivity index (χ0) is 23.0. The fourth-order valence-electron chi connectivity index (χ4n) is 2.57. The third-order valence-electron chi connectivity index (χ3n) is 4.19. The Morgan fingerprint density at radius 1 is 0.969 bits per heavy atom. The standard InChI is InChI=1S/C21H22N4O6S/c1-29-11-12-31-17-7-3-15(4-8-17)21(26)24-16-5-9-18(10-6-16)32(27,28)25-19-13-20(30-2)23-14-22-19/h3-10,13-14H,11-12H2,1-2H3,(H,24,26)(H,22,23,25). The third-order valence-corrected chi connectivity index (χ3v) is 5.56. The molecule has 11 heteroatoms.